The molecule has 2 nitrogen and oxygen atoms in total. The van der Waals surface area contributed by atoms with Gasteiger partial charge >= 0.3 is 0 Å². The van der Waals surface area contributed by atoms with E-state index in [0.717, 1.165) is 0 Å². The van der Waals surface area contributed by atoms with Gasteiger partial charge in [-0.05, 0) is 33.1 Å². The van der Waals surface area contributed by atoms with Crippen molar-refractivity contribution in [2.24, 2.45) is 0 Å². The summed E-state index contributed by atoms with van der Waals surface area (Å²) in [5.41, 5.74) is 0.364. The van der Waals surface area contributed by atoms with Gasteiger partial charge in [-0.15, -0.1) is 11.6 Å². The highest BCUT2D eigenvalue weighted by Crippen LogP contribution is 2.27. The second kappa shape index (κ2) is 5.38. The van der Waals surface area contributed by atoms with Crippen LogP contribution in [0, 0.1) is 11.3 Å². The molecule has 0 aromatic carbocycles. The van der Waals surface area contributed by atoms with Crippen LogP contribution in [-0.2, 0) is 12.3 Å². The number of nitriles is 1. The van der Waals surface area contributed by atoms with Gasteiger partial charge in [0.15, 0.2) is 0 Å². The number of halogens is 4. The zero-order valence-electron chi connectivity index (χ0n) is 7.48. The quantitative estimate of drug-likeness (QED) is 0.631. The van der Waals surface area contributed by atoms with Crippen LogP contribution in [0.15, 0.2) is 10.7 Å². The standard InChI is InChI=1S/C9H6BrClF2N2/c10-7-3-5(4-11)6(1-2-14)8(15-7)9(12)13/h3,9H,1,4H2. The first kappa shape index (κ1) is 12.3. The lowest BCUT2D eigenvalue weighted by molar-refractivity contribution is 0.144. The number of aromatic nitrogens is 1. The fourth-order valence-corrected chi connectivity index (χ4v) is 1.90. The number of alkyl halides is 3. The maximum absolute atomic E-state index is 12.6. The molecule has 1 aromatic heterocycles. The Morgan fingerprint density at radius 1 is 1.60 bits per heavy atom. The first-order valence-corrected chi connectivity index (χ1v) is 5.32. The lowest BCUT2D eigenvalue weighted by Crippen LogP contribution is -2.03. The molecule has 80 valence electrons. The zero-order valence-corrected chi connectivity index (χ0v) is 9.82. The number of nitrogens with zero attached hydrogens (tertiary/aromatic N) is 2. The van der Waals surface area contributed by atoms with E-state index in [1.165, 1.54) is 0 Å². The molecular formula is C9H6BrClF2N2. The lowest BCUT2D eigenvalue weighted by Gasteiger charge is -2.10. The zero-order chi connectivity index (χ0) is 11.4. The van der Waals surface area contributed by atoms with Gasteiger partial charge in [0.2, 0.25) is 0 Å². The molecule has 0 atom stereocenters. The average Bonchev–Trinajstić information content (AvgIpc) is 2.19. The summed E-state index contributed by atoms with van der Waals surface area (Å²) in [6.07, 6.45) is -2.81. The second-order valence-corrected chi connectivity index (χ2v) is 3.82. The van der Waals surface area contributed by atoms with Gasteiger partial charge in [-0.3, -0.25) is 0 Å². The molecule has 0 spiro atoms. The van der Waals surface area contributed by atoms with E-state index < -0.39 is 6.43 Å². The molecular weight excluding hydrogens is 289 g/mol. The van der Waals surface area contributed by atoms with E-state index in [-0.39, 0.29) is 23.6 Å². The summed E-state index contributed by atoms with van der Waals surface area (Å²) in [5.74, 6) is 0.0812. The Bertz CT molecular complexity index is 404. The molecule has 0 aliphatic rings. The minimum Gasteiger partial charge on any atom is -0.240 e. The number of hydrogen-bond acceptors (Lipinski definition) is 2. The highest BCUT2D eigenvalue weighted by atomic mass is 79.9. The van der Waals surface area contributed by atoms with Crippen LogP contribution in [0.2, 0.25) is 0 Å². The Kier molecular flexibility index (Phi) is 4.43. The van der Waals surface area contributed by atoms with Crippen LogP contribution in [0.3, 0.4) is 0 Å². The van der Waals surface area contributed by atoms with Gasteiger partial charge in [0.25, 0.3) is 6.43 Å². The summed E-state index contributed by atoms with van der Waals surface area (Å²) in [7, 11) is 0. The molecule has 0 unspecified atom stereocenters. The third-order valence-corrected chi connectivity index (χ3v) is 2.52. The van der Waals surface area contributed by atoms with Crippen molar-refractivity contribution in [2.45, 2.75) is 18.7 Å². The van der Waals surface area contributed by atoms with Crippen molar-refractivity contribution < 1.29 is 8.78 Å². The molecule has 0 amide bonds. The van der Waals surface area contributed by atoms with Gasteiger partial charge < -0.3 is 0 Å². The van der Waals surface area contributed by atoms with E-state index in [4.69, 9.17) is 16.9 Å². The number of hydrogen-bond donors (Lipinski definition) is 0. The van der Waals surface area contributed by atoms with Crippen molar-refractivity contribution in [3.05, 3.63) is 27.5 Å². The van der Waals surface area contributed by atoms with Crippen LogP contribution < -0.4 is 0 Å². The lowest BCUT2D eigenvalue weighted by atomic mass is 10.1. The SMILES string of the molecule is N#CCc1c(CCl)cc(Br)nc1C(F)F. The molecule has 15 heavy (non-hydrogen) atoms. The molecule has 0 saturated heterocycles. The molecule has 0 radical (unpaired) electrons. The molecule has 1 rings (SSSR count). The smallest absolute Gasteiger partial charge is 0.240 e. The number of pyridine rings is 1. The monoisotopic (exact) mass is 294 g/mol. The van der Waals surface area contributed by atoms with Crippen LogP contribution in [0.1, 0.15) is 23.2 Å². The van der Waals surface area contributed by atoms with Gasteiger partial charge in [0.1, 0.15) is 10.3 Å². The van der Waals surface area contributed by atoms with Gasteiger partial charge in [-0.1, -0.05) is 0 Å². The molecule has 0 bridgehead atoms. The van der Waals surface area contributed by atoms with Gasteiger partial charge in [0, 0.05) is 5.88 Å². The van der Waals surface area contributed by atoms with E-state index in [0.29, 0.717) is 10.2 Å². The summed E-state index contributed by atoms with van der Waals surface area (Å²) < 4.78 is 25.5. The third-order valence-electron chi connectivity index (χ3n) is 1.82. The van der Waals surface area contributed by atoms with Crippen LogP contribution in [-0.4, -0.2) is 4.98 Å². The molecule has 6 heteroatoms. The molecule has 1 heterocycles. The van der Waals surface area contributed by atoms with Crippen LogP contribution in [0.25, 0.3) is 0 Å². The molecule has 1 aromatic rings. The van der Waals surface area contributed by atoms with E-state index in [1.54, 1.807) is 6.07 Å². The predicted molar refractivity (Wildman–Crippen MR) is 55.8 cm³/mol. The van der Waals surface area contributed by atoms with Crippen molar-refractivity contribution in [3.8, 4) is 6.07 Å². The van der Waals surface area contributed by atoms with Crippen LogP contribution in [0.4, 0.5) is 8.78 Å². The maximum atomic E-state index is 12.6. The minimum absolute atomic E-state index is 0.0812. The van der Waals surface area contributed by atoms with Crippen LogP contribution >= 0.6 is 27.5 Å². The topological polar surface area (TPSA) is 36.7 Å². The fourth-order valence-electron chi connectivity index (χ4n) is 1.19. The first-order valence-electron chi connectivity index (χ1n) is 3.99. The van der Waals surface area contributed by atoms with E-state index in [1.807, 2.05) is 6.07 Å². The first-order chi connectivity index (χ1) is 7.10. The second-order valence-electron chi connectivity index (χ2n) is 2.74. The Morgan fingerprint density at radius 3 is 2.73 bits per heavy atom. The van der Waals surface area contributed by atoms with E-state index in [2.05, 4.69) is 20.9 Å². The van der Waals surface area contributed by atoms with Gasteiger partial charge in [0.05, 0.1) is 12.5 Å². The Hall–Kier alpha value is -0.730. The summed E-state index contributed by atoms with van der Waals surface area (Å²) >= 11 is 8.63. The highest BCUT2D eigenvalue weighted by molar-refractivity contribution is 9.10. The molecule has 0 fully saturated rings. The van der Waals surface area contributed by atoms with Gasteiger partial charge in [-0.2, -0.15) is 5.26 Å². The molecule has 0 saturated carbocycles. The van der Waals surface area contributed by atoms with Crippen molar-refractivity contribution in [1.29, 1.82) is 5.26 Å². The summed E-state index contributed by atoms with van der Waals surface area (Å²) in [4.78, 5) is 3.66. The van der Waals surface area contributed by atoms with Crippen molar-refractivity contribution in [2.75, 3.05) is 0 Å². The van der Waals surface area contributed by atoms with Gasteiger partial charge in [-0.25, -0.2) is 13.8 Å². The summed E-state index contributed by atoms with van der Waals surface area (Å²) in [5, 5.41) is 8.54. The Balaban J connectivity index is 3.34. The van der Waals surface area contributed by atoms with Crippen molar-refractivity contribution >= 4 is 27.5 Å². The van der Waals surface area contributed by atoms with Crippen molar-refractivity contribution in [3.63, 3.8) is 0 Å². The molecule has 0 aliphatic heterocycles. The summed E-state index contributed by atoms with van der Waals surface area (Å²) in [6.45, 7) is 0. The maximum Gasteiger partial charge on any atom is 0.280 e. The normalized spacial score (nSPS) is 10.4. The molecule has 0 aliphatic carbocycles. The largest absolute Gasteiger partial charge is 0.280 e. The van der Waals surface area contributed by atoms with E-state index >= 15 is 0 Å². The number of rotatable bonds is 3. The van der Waals surface area contributed by atoms with Crippen molar-refractivity contribution in [1.82, 2.24) is 4.98 Å². The Labute approximate surface area is 99.0 Å². The Morgan fingerprint density at radius 2 is 2.27 bits per heavy atom. The third kappa shape index (κ3) is 2.86. The average molecular weight is 296 g/mol. The fraction of sp³-hybridized carbons (Fsp3) is 0.333. The highest BCUT2D eigenvalue weighted by Gasteiger charge is 2.18. The van der Waals surface area contributed by atoms with E-state index in [9.17, 15) is 8.78 Å². The predicted octanol–water partition coefficient (Wildman–Crippen LogP) is 3.59. The summed E-state index contributed by atoms with van der Waals surface area (Å²) in [6, 6.07) is 3.37. The minimum atomic E-state index is -2.70. The van der Waals surface area contributed by atoms with Crippen LogP contribution in [0.5, 0.6) is 0 Å². The molecule has 0 N–H and O–H groups in total.